The standard InChI is InChI=1S/C24H25NO5/c1-24(2)29-22-20(25-27-16-18-12-7-4-8-13-18)21(28-23(22)30-24)19(26)15-9-14-17-10-5-3-6-11-17/h3-8,10-13,19,21-23,26H,15-16H2,1-2H3/b25-20+/t19-,21-,22-,23-/m1/s1. The molecule has 0 radical (unpaired) electrons. The molecule has 30 heavy (non-hydrogen) atoms. The molecule has 2 aromatic rings. The van der Waals surface area contributed by atoms with Crippen molar-refractivity contribution < 1.29 is 24.2 Å². The Labute approximate surface area is 176 Å². The van der Waals surface area contributed by atoms with Crippen molar-refractivity contribution in [3.8, 4) is 11.8 Å². The Morgan fingerprint density at radius 1 is 1.07 bits per heavy atom. The fourth-order valence-electron chi connectivity index (χ4n) is 3.44. The lowest BCUT2D eigenvalue weighted by atomic mass is 10.0. The van der Waals surface area contributed by atoms with Gasteiger partial charge in [-0.1, -0.05) is 65.5 Å². The van der Waals surface area contributed by atoms with E-state index in [9.17, 15) is 5.11 Å². The molecule has 0 aromatic heterocycles. The van der Waals surface area contributed by atoms with Gasteiger partial charge in [-0.25, -0.2) is 0 Å². The quantitative estimate of drug-likeness (QED) is 0.609. The number of oxime groups is 1. The van der Waals surface area contributed by atoms with Crippen molar-refractivity contribution >= 4 is 5.71 Å². The molecule has 6 heteroatoms. The second-order valence-corrected chi connectivity index (χ2v) is 7.70. The van der Waals surface area contributed by atoms with Crippen molar-refractivity contribution in [2.75, 3.05) is 0 Å². The van der Waals surface area contributed by atoms with Crippen molar-refractivity contribution in [2.45, 2.75) is 57.3 Å². The minimum atomic E-state index is -0.888. The predicted molar refractivity (Wildman–Crippen MR) is 111 cm³/mol. The first-order valence-electron chi connectivity index (χ1n) is 9.98. The van der Waals surface area contributed by atoms with Crippen LogP contribution in [0.4, 0.5) is 0 Å². The van der Waals surface area contributed by atoms with Gasteiger partial charge in [-0.2, -0.15) is 0 Å². The zero-order valence-corrected chi connectivity index (χ0v) is 17.0. The van der Waals surface area contributed by atoms with Gasteiger partial charge in [0.25, 0.3) is 0 Å². The molecule has 2 aliphatic heterocycles. The van der Waals surface area contributed by atoms with Crippen LogP contribution in [0.3, 0.4) is 0 Å². The molecular formula is C24H25NO5. The number of nitrogens with zero attached hydrogens (tertiary/aromatic N) is 1. The molecule has 0 spiro atoms. The first-order chi connectivity index (χ1) is 14.5. The fraction of sp³-hybridized carbons (Fsp3) is 0.375. The highest BCUT2D eigenvalue weighted by Crippen LogP contribution is 2.37. The van der Waals surface area contributed by atoms with Gasteiger partial charge in [-0.15, -0.1) is 0 Å². The van der Waals surface area contributed by atoms with Crippen molar-refractivity contribution in [3.63, 3.8) is 0 Å². The molecular weight excluding hydrogens is 382 g/mol. The summed E-state index contributed by atoms with van der Waals surface area (Å²) >= 11 is 0. The number of hydrogen-bond donors (Lipinski definition) is 1. The fourth-order valence-corrected chi connectivity index (χ4v) is 3.44. The summed E-state index contributed by atoms with van der Waals surface area (Å²) in [5.41, 5.74) is 2.37. The first kappa shape index (κ1) is 20.6. The Morgan fingerprint density at radius 3 is 2.50 bits per heavy atom. The van der Waals surface area contributed by atoms with Gasteiger partial charge in [0.15, 0.2) is 18.2 Å². The van der Waals surface area contributed by atoms with E-state index in [2.05, 4.69) is 17.0 Å². The Hall–Kier alpha value is -2.69. The van der Waals surface area contributed by atoms with Crippen molar-refractivity contribution in [2.24, 2.45) is 5.16 Å². The van der Waals surface area contributed by atoms with Gasteiger partial charge in [-0.05, 0) is 31.5 Å². The van der Waals surface area contributed by atoms with Gasteiger partial charge in [0, 0.05) is 12.0 Å². The van der Waals surface area contributed by atoms with Crippen LogP contribution in [-0.2, 0) is 25.7 Å². The summed E-state index contributed by atoms with van der Waals surface area (Å²) in [5.74, 6) is 5.26. The summed E-state index contributed by atoms with van der Waals surface area (Å²) in [5, 5.41) is 15.0. The van der Waals surface area contributed by atoms with E-state index in [1.54, 1.807) is 0 Å². The summed E-state index contributed by atoms with van der Waals surface area (Å²) in [6.45, 7) is 3.93. The van der Waals surface area contributed by atoms with Crippen LogP contribution in [0.15, 0.2) is 65.8 Å². The van der Waals surface area contributed by atoms with Gasteiger partial charge in [0.05, 0.1) is 6.10 Å². The van der Waals surface area contributed by atoms with Crippen LogP contribution in [0.5, 0.6) is 0 Å². The van der Waals surface area contributed by atoms with E-state index in [-0.39, 0.29) is 6.42 Å². The van der Waals surface area contributed by atoms with Gasteiger partial charge < -0.3 is 24.2 Å². The third-order valence-electron chi connectivity index (χ3n) is 4.83. The second kappa shape index (κ2) is 8.99. The molecule has 4 rings (SSSR count). The molecule has 1 N–H and O–H groups in total. The van der Waals surface area contributed by atoms with Gasteiger partial charge in [0.2, 0.25) is 0 Å². The molecule has 0 bridgehead atoms. The Kier molecular flexibility index (Phi) is 6.16. The topological polar surface area (TPSA) is 69.5 Å². The third kappa shape index (κ3) is 4.89. The third-order valence-corrected chi connectivity index (χ3v) is 4.83. The first-order valence-corrected chi connectivity index (χ1v) is 9.98. The van der Waals surface area contributed by atoms with E-state index in [4.69, 9.17) is 19.0 Å². The normalized spacial score (nSPS) is 26.6. The number of benzene rings is 2. The predicted octanol–water partition coefficient (Wildman–Crippen LogP) is 3.24. The number of fused-ring (bicyclic) bond motifs is 1. The largest absolute Gasteiger partial charge is 0.391 e. The molecule has 0 amide bonds. The molecule has 4 atom stereocenters. The summed E-state index contributed by atoms with van der Waals surface area (Å²) in [6, 6.07) is 19.4. The smallest absolute Gasteiger partial charge is 0.193 e. The molecule has 156 valence electrons. The van der Waals surface area contributed by atoms with Crippen molar-refractivity contribution in [3.05, 3.63) is 71.8 Å². The van der Waals surface area contributed by atoms with Crippen LogP contribution in [0.25, 0.3) is 0 Å². The maximum absolute atomic E-state index is 10.7. The van der Waals surface area contributed by atoms with E-state index >= 15 is 0 Å². The Bertz CT molecular complexity index is 932. The highest BCUT2D eigenvalue weighted by molar-refractivity contribution is 5.95. The number of rotatable bonds is 5. The molecule has 2 saturated heterocycles. The summed E-state index contributed by atoms with van der Waals surface area (Å²) in [7, 11) is 0. The van der Waals surface area contributed by atoms with Crippen LogP contribution in [0.1, 0.15) is 31.4 Å². The van der Waals surface area contributed by atoms with Gasteiger partial charge in [0.1, 0.15) is 18.4 Å². The van der Waals surface area contributed by atoms with Gasteiger partial charge >= 0.3 is 0 Å². The van der Waals surface area contributed by atoms with Crippen molar-refractivity contribution in [1.29, 1.82) is 0 Å². The average Bonchev–Trinajstić information content (AvgIpc) is 3.22. The summed E-state index contributed by atoms with van der Waals surface area (Å²) < 4.78 is 17.7. The second-order valence-electron chi connectivity index (χ2n) is 7.70. The molecule has 2 aromatic carbocycles. The minimum Gasteiger partial charge on any atom is -0.391 e. The molecule has 6 nitrogen and oxygen atoms in total. The van der Waals surface area contributed by atoms with E-state index < -0.39 is 30.4 Å². The van der Waals surface area contributed by atoms with Crippen molar-refractivity contribution in [1.82, 2.24) is 0 Å². The van der Waals surface area contributed by atoms with Crippen LogP contribution in [-0.4, -0.2) is 41.2 Å². The summed E-state index contributed by atoms with van der Waals surface area (Å²) in [6.07, 6.45) is -2.54. The maximum Gasteiger partial charge on any atom is 0.193 e. The molecule has 0 unspecified atom stereocenters. The zero-order chi connectivity index (χ0) is 21.0. The van der Waals surface area contributed by atoms with Crippen LogP contribution in [0, 0.1) is 11.8 Å². The minimum absolute atomic E-state index is 0.222. The monoisotopic (exact) mass is 407 g/mol. The van der Waals surface area contributed by atoms with E-state index in [1.807, 2.05) is 74.5 Å². The van der Waals surface area contributed by atoms with E-state index in [0.717, 1.165) is 11.1 Å². The van der Waals surface area contributed by atoms with E-state index in [1.165, 1.54) is 0 Å². The van der Waals surface area contributed by atoms with Gasteiger partial charge in [-0.3, -0.25) is 0 Å². The molecule has 2 fully saturated rings. The maximum atomic E-state index is 10.7. The van der Waals surface area contributed by atoms with E-state index in [0.29, 0.717) is 12.3 Å². The molecule has 2 aliphatic rings. The number of hydrogen-bond acceptors (Lipinski definition) is 6. The number of aliphatic hydroxyl groups excluding tert-OH is 1. The highest BCUT2D eigenvalue weighted by Gasteiger charge is 2.54. The van der Waals surface area contributed by atoms with Crippen LogP contribution >= 0.6 is 0 Å². The highest BCUT2D eigenvalue weighted by atomic mass is 16.8. The number of aliphatic hydroxyl groups is 1. The SMILES string of the molecule is CC1(C)O[C@H]2O[C@H]([C@H](O)CC#Cc3ccccc3)/C(=N\OCc3ccccc3)[C@H]2O1. The Morgan fingerprint density at radius 2 is 1.77 bits per heavy atom. The number of ether oxygens (including phenoxy) is 3. The molecule has 0 saturated carbocycles. The molecule has 2 heterocycles. The van der Waals surface area contributed by atoms with Crippen LogP contribution in [0.2, 0.25) is 0 Å². The Balaban J connectivity index is 1.46. The lowest BCUT2D eigenvalue weighted by molar-refractivity contribution is -0.204. The zero-order valence-electron chi connectivity index (χ0n) is 17.0. The lowest BCUT2D eigenvalue weighted by Crippen LogP contribution is -2.37. The van der Waals surface area contributed by atoms with Crippen LogP contribution < -0.4 is 0 Å². The average molecular weight is 407 g/mol. The summed E-state index contributed by atoms with van der Waals surface area (Å²) in [4.78, 5) is 5.56. The lowest BCUT2D eigenvalue weighted by Gasteiger charge is -2.23. The molecule has 0 aliphatic carbocycles.